The highest BCUT2D eigenvalue weighted by molar-refractivity contribution is 6.23. The van der Waals surface area contributed by atoms with E-state index in [9.17, 15) is 0 Å². The summed E-state index contributed by atoms with van der Waals surface area (Å²) in [5.41, 5.74) is 11.0. The van der Waals surface area contributed by atoms with Crippen LogP contribution in [0.5, 0.6) is 0 Å². The van der Waals surface area contributed by atoms with Gasteiger partial charge in [-0.3, -0.25) is 0 Å². The van der Waals surface area contributed by atoms with Crippen molar-refractivity contribution in [3.05, 3.63) is 176 Å². The molecule has 0 fully saturated rings. The molecule has 0 amide bonds. The summed E-state index contributed by atoms with van der Waals surface area (Å²) in [5.74, 6) is 0.539. The number of nitrogens with zero attached hydrogens (tertiary/aromatic N) is 3. The number of rotatable bonds is 4. The van der Waals surface area contributed by atoms with Crippen molar-refractivity contribution in [1.82, 2.24) is 14.5 Å². The van der Waals surface area contributed by atoms with E-state index in [1.807, 2.05) is 42.5 Å². The first-order valence-corrected chi connectivity index (χ1v) is 18.5. The van der Waals surface area contributed by atoms with Gasteiger partial charge in [0.15, 0.2) is 5.82 Å². The molecule has 0 aliphatic heterocycles. The molecular weight excluding hydrogens is 675 g/mol. The highest BCUT2D eigenvalue weighted by Crippen LogP contribution is 2.44. The van der Waals surface area contributed by atoms with E-state index in [4.69, 9.17) is 18.8 Å². The number of furan rings is 2. The molecule has 0 atom stereocenters. The maximum Gasteiger partial charge on any atom is 0.231 e. The van der Waals surface area contributed by atoms with Crippen LogP contribution in [0.3, 0.4) is 0 Å². The van der Waals surface area contributed by atoms with Crippen LogP contribution in [-0.2, 0) is 0 Å². The molecule has 0 saturated heterocycles. The zero-order chi connectivity index (χ0) is 36.0. The number of hydrogen-bond acceptors (Lipinski definition) is 4. The molecule has 8 aromatic carbocycles. The third kappa shape index (κ3) is 4.41. The van der Waals surface area contributed by atoms with Crippen molar-refractivity contribution in [2.24, 2.45) is 0 Å². The summed E-state index contributed by atoms with van der Waals surface area (Å²) in [6.45, 7) is 0. The predicted molar refractivity (Wildman–Crippen MR) is 225 cm³/mol. The van der Waals surface area contributed by atoms with Crippen LogP contribution in [0.15, 0.2) is 185 Å². The van der Waals surface area contributed by atoms with Crippen molar-refractivity contribution < 1.29 is 8.83 Å². The summed E-state index contributed by atoms with van der Waals surface area (Å²) in [4.78, 5) is 10.5. The number of benzene rings is 8. The summed E-state index contributed by atoms with van der Waals surface area (Å²) in [6.07, 6.45) is 0. The number of fused-ring (bicyclic) bond motifs is 11. The summed E-state index contributed by atoms with van der Waals surface area (Å²) in [5, 5.41) is 8.80. The minimum atomic E-state index is 0.534. The molecule has 12 rings (SSSR count). The SMILES string of the molecule is c1ccc(-c2ccc3oc4nc(-c5ccc(-n6c7ccccc7c7c8ccccc8ccc76)c6c5oc5ccccc56)nc(-c5ccccc5)c4c3c2)cc1. The van der Waals surface area contributed by atoms with Gasteiger partial charge < -0.3 is 13.4 Å². The van der Waals surface area contributed by atoms with Crippen molar-refractivity contribution in [1.29, 1.82) is 0 Å². The molecule has 4 heterocycles. The second-order valence-electron chi connectivity index (χ2n) is 14.1. The maximum absolute atomic E-state index is 6.83. The van der Waals surface area contributed by atoms with E-state index in [2.05, 4.69) is 138 Å². The zero-order valence-corrected chi connectivity index (χ0v) is 29.4. The Morgan fingerprint density at radius 3 is 1.98 bits per heavy atom. The summed E-state index contributed by atoms with van der Waals surface area (Å²) in [6, 6.07) is 61.4. The second-order valence-corrected chi connectivity index (χ2v) is 14.1. The molecular formula is C50H29N3O2. The lowest BCUT2D eigenvalue weighted by Gasteiger charge is -2.12. The third-order valence-electron chi connectivity index (χ3n) is 11.0. The predicted octanol–water partition coefficient (Wildman–Crippen LogP) is 13.5. The van der Waals surface area contributed by atoms with Gasteiger partial charge >= 0.3 is 0 Å². The van der Waals surface area contributed by atoms with Gasteiger partial charge in [-0.1, -0.05) is 133 Å². The summed E-state index contributed by atoms with van der Waals surface area (Å²) in [7, 11) is 0. The van der Waals surface area contributed by atoms with E-state index in [-0.39, 0.29) is 0 Å². The van der Waals surface area contributed by atoms with E-state index in [1.54, 1.807) is 0 Å². The Balaban J connectivity index is 1.15. The van der Waals surface area contributed by atoms with Crippen LogP contribution in [-0.4, -0.2) is 14.5 Å². The van der Waals surface area contributed by atoms with E-state index in [1.165, 1.54) is 21.5 Å². The lowest BCUT2D eigenvalue weighted by atomic mass is 10.0. The van der Waals surface area contributed by atoms with Gasteiger partial charge in [-0.2, -0.15) is 4.98 Å². The van der Waals surface area contributed by atoms with Crippen LogP contribution in [0.1, 0.15) is 0 Å². The smallest absolute Gasteiger partial charge is 0.231 e. The Labute approximate surface area is 314 Å². The van der Waals surface area contributed by atoms with Crippen LogP contribution in [0.2, 0.25) is 0 Å². The Bertz CT molecular complexity index is 3480. The molecule has 0 saturated carbocycles. The zero-order valence-electron chi connectivity index (χ0n) is 29.4. The number of hydrogen-bond donors (Lipinski definition) is 0. The van der Waals surface area contributed by atoms with Crippen LogP contribution in [0, 0.1) is 0 Å². The Hall–Kier alpha value is -7.50. The standard InChI is InChI=1S/C50H29N3O2/c1-3-13-30(14-4-1)33-24-28-43-38(29-33)46-47(32-16-5-2-6-17-32)51-49(52-50(46)55-43)37-25-27-41(45-36-20-10-12-22-42(36)54-48(37)45)53-39-21-11-9-19-35(39)44-34-18-8-7-15-31(34)23-26-40(44)53/h1-29H. The minimum absolute atomic E-state index is 0.534. The lowest BCUT2D eigenvalue weighted by molar-refractivity contribution is 0.653. The van der Waals surface area contributed by atoms with Crippen molar-refractivity contribution in [2.45, 2.75) is 0 Å². The topological polar surface area (TPSA) is 57.0 Å². The first kappa shape index (κ1) is 30.0. The van der Waals surface area contributed by atoms with Gasteiger partial charge in [-0.05, 0) is 64.4 Å². The molecule has 5 nitrogen and oxygen atoms in total. The molecule has 0 unspecified atom stereocenters. The van der Waals surface area contributed by atoms with E-state index in [0.717, 1.165) is 83.0 Å². The van der Waals surface area contributed by atoms with Gasteiger partial charge in [-0.25, -0.2) is 4.98 Å². The van der Waals surface area contributed by atoms with Crippen molar-refractivity contribution >= 4 is 76.6 Å². The molecule has 0 radical (unpaired) electrons. The van der Waals surface area contributed by atoms with Gasteiger partial charge in [0.05, 0.1) is 38.8 Å². The van der Waals surface area contributed by atoms with Crippen molar-refractivity contribution in [2.75, 3.05) is 0 Å². The van der Waals surface area contributed by atoms with E-state index >= 15 is 0 Å². The van der Waals surface area contributed by atoms with Crippen LogP contribution in [0.25, 0.3) is 116 Å². The molecule has 12 aromatic rings. The summed E-state index contributed by atoms with van der Waals surface area (Å²) >= 11 is 0. The molecule has 0 aliphatic carbocycles. The monoisotopic (exact) mass is 703 g/mol. The average molecular weight is 704 g/mol. The van der Waals surface area contributed by atoms with Gasteiger partial charge in [0.25, 0.3) is 0 Å². The van der Waals surface area contributed by atoms with Crippen LogP contribution >= 0.6 is 0 Å². The van der Waals surface area contributed by atoms with Crippen molar-refractivity contribution in [3.8, 4) is 39.5 Å². The average Bonchev–Trinajstić information content (AvgIpc) is 3.93. The van der Waals surface area contributed by atoms with Crippen LogP contribution in [0.4, 0.5) is 0 Å². The molecule has 55 heavy (non-hydrogen) atoms. The highest BCUT2D eigenvalue weighted by Gasteiger charge is 2.24. The normalized spacial score (nSPS) is 12.0. The minimum Gasteiger partial charge on any atom is -0.455 e. The van der Waals surface area contributed by atoms with Gasteiger partial charge in [0.2, 0.25) is 5.71 Å². The fraction of sp³-hybridized carbons (Fsp3) is 0. The Morgan fingerprint density at radius 2 is 1.13 bits per heavy atom. The highest BCUT2D eigenvalue weighted by atomic mass is 16.3. The van der Waals surface area contributed by atoms with E-state index in [0.29, 0.717) is 11.5 Å². The molecule has 0 bridgehead atoms. The maximum atomic E-state index is 6.83. The van der Waals surface area contributed by atoms with Crippen LogP contribution < -0.4 is 0 Å². The molecule has 0 N–H and O–H groups in total. The fourth-order valence-corrected chi connectivity index (χ4v) is 8.58. The molecule has 5 heteroatoms. The molecule has 4 aromatic heterocycles. The summed E-state index contributed by atoms with van der Waals surface area (Å²) < 4.78 is 15.8. The van der Waals surface area contributed by atoms with Crippen molar-refractivity contribution in [3.63, 3.8) is 0 Å². The Kier molecular flexibility index (Phi) is 6.27. The largest absolute Gasteiger partial charge is 0.455 e. The van der Waals surface area contributed by atoms with Gasteiger partial charge in [0.1, 0.15) is 16.7 Å². The number of para-hydroxylation sites is 2. The third-order valence-corrected chi connectivity index (χ3v) is 11.0. The first-order chi connectivity index (χ1) is 27.3. The van der Waals surface area contributed by atoms with E-state index < -0.39 is 0 Å². The lowest BCUT2D eigenvalue weighted by Crippen LogP contribution is -1.98. The molecule has 256 valence electrons. The second kappa shape index (κ2) is 11.5. The van der Waals surface area contributed by atoms with Gasteiger partial charge in [0, 0.05) is 27.1 Å². The quantitative estimate of drug-likeness (QED) is 0.183. The van der Waals surface area contributed by atoms with Gasteiger partial charge in [-0.15, -0.1) is 0 Å². The molecule has 0 spiro atoms. The molecule has 0 aliphatic rings. The fourth-order valence-electron chi connectivity index (χ4n) is 8.58. The first-order valence-electron chi connectivity index (χ1n) is 18.5. The number of aromatic nitrogens is 3. The Morgan fingerprint density at radius 1 is 0.418 bits per heavy atom.